The zero-order valence-electron chi connectivity index (χ0n) is 14.6. The quantitative estimate of drug-likeness (QED) is 0.775. The monoisotopic (exact) mass is 321 g/mol. The highest BCUT2D eigenvalue weighted by Gasteiger charge is 2.46. The summed E-state index contributed by atoms with van der Waals surface area (Å²) in [5, 5.41) is 0. The third-order valence-electron chi connectivity index (χ3n) is 3.60. The fourth-order valence-corrected chi connectivity index (χ4v) is 2.66. The number of carbonyl (C=O) groups is 1. The van der Waals surface area contributed by atoms with E-state index in [1.807, 2.05) is 65.0 Å². The van der Waals surface area contributed by atoms with Gasteiger partial charge in [-0.25, -0.2) is 4.79 Å². The van der Waals surface area contributed by atoms with Gasteiger partial charge in [-0.3, -0.25) is 4.90 Å². The minimum Gasteiger partial charge on any atom is -0.444 e. The lowest BCUT2D eigenvalue weighted by atomic mass is 9.92. The summed E-state index contributed by atoms with van der Waals surface area (Å²) < 4.78 is 16.9. The second-order valence-electron chi connectivity index (χ2n) is 6.69. The molecule has 5 heteroatoms. The van der Waals surface area contributed by atoms with Crippen LogP contribution in [0.5, 0.6) is 0 Å². The number of benzene rings is 1. The number of carbonyl (C=O) groups excluding carboxylic acids is 1. The molecule has 1 aliphatic rings. The van der Waals surface area contributed by atoms with Crippen molar-refractivity contribution in [3.05, 3.63) is 35.9 Å². The second kappa shape index (κ2) is 7.32. The summed E-state index contributed by atoms with van der Waals surface area (Å²) >= 11 is 0. The first-order valence-electron chi connectivity index (χ1n) is 8.13. The van der Waals surface area contributed by atoms with Gasteiger partial charge in [0.05, 0.1) is 12.6 Å². The van der Waals surface area contributed by atoms with Crippen LogP contribution in [0.1, 0.15) is 46.2 Å². The average molecular weight is 321 g/mol. The fourth-order valence-electron chi connectivity index (χ4n) is 2.66. The van der Waals surface area contributed by atoms with Crippen molar-refractivity contribution in [2.75, 3.05) is 13.2 Å². The standard InChI is InChI=1S/C18H27NO4/c1-6-21-13(2)22-15-12-19(17(20)23-18(3,4)5)16(15)14-10-8-7-9-11-14/h7-11,13,15-16H,6,12H2,1-5H3/t13-,15-,16+/m1/s1. The SMILES string of the molecule is CCO[C@@H](C)O[C@@H]1CN(C(=O)OC(C)(C)C)[C@H]1c1ccccc1. The molecule has 23 heavy (non-hydrogen) atoms. The Kier molecular flexibility index (Phi) is 5.65. The van der Waals surface area contributed by atoms with Crippen LogP contribution in [0.25, 0.3) is 0 Å². The number of amides is 1. The van der Waals surface area contributed by atoms with Crippen molar-refractivity contribution >= 4 is 6.09 Å². The highest BCUT2D eigenvalue weighted by Crippen LogP contribution is 2.37. The average Bonchev–Trinajstić information content (AvgIpc) is 2.42. The van der Waals surface area contributed by atoms with Gasteiger partial charge >= 0.3 is 6.09 Å². The van der Waals surface area contributed by atoms with Crippen LogP contribution in [0.2, 0.25) is 0 Å². The molecule has 1 saturated heterocycles. The molecule has 0 radical (unpaired) electrons. The van der Waals surface area contributed by atoms with Crippen molar-refractivity contribution in [3.8, 4) is 0 Å². The smallest absolute Gasteiger partial charge is 0.410 e. The molecule has 3 atom stereocenters. The molecule has 1 heterocycles. The zero-order valence-corrected chi connectivity index (χ0v) is 14.6. The molecule has 1 aliphatic heterocycles. The first-order valence-corrected chi connectivity index (χ1v) is 8.13. The van der Waals surface area contributed by atoms with Crippen LogP contribution in [-0.4, -0.2) is 42.1 Å². The second-order valence-corrected chi connectivity index (χ2v) is 6.69. The van der Waals surface area contributed by atoms with E-state index in [4.69, 9.17) is 14.2 Å². The van der Waals surface area contributed by atoms with Gasteiger partial charge in [-0.05, 0) is 40.2 Å². The summed E-state index contributed by atoms with van der Waals surface area (Å²) in [4.78, 5) is 14.1. The lowest BCUT2D eigenvalue weighted by Gasteiger charge is -2.48. The molecule has 0 spiro atoms. The fraction of sp³-hybridized carbons (Fsp3) is 0.611. The molecule has 0 N–H and O–H groups in total. The Morgan fingerprint density at radius 2 is 1.96 bits per heavy atom. The summed E-state index contributed by atoms with van der Waals surface area (Å²) in [6, 6.07) is 9.74. The van der Waals surface area contributed by atoms with Crippen LogP contribution in [0.3, 0.4) is 0 Å². The molecule has 128 valence electrons. The minimum absolute atomic E-state index is 0.0912. The number of likely N-dealkylation sites (tertiary alicyclic amines) is 1. The Morgan fingerprint density at radius 1 is 1.30 bits per heavy atom. The molecule has 0 saturated carbocycles. The Morgan fingerprint density at radius 3 is 2.52 bits per heavy atom. The predicted octanol–water partition coefficient (Wildman–Crippen LogP) is 3.75. The Labute approximate surface area is 138 Å². The largest absolute Gasteiger partial charge is 0.444 e. The van der Waals surface area contributed by atoms with Crippen LogP contribution in [0, 0.1) is 0 Å². The van der Waals surface area contributed by atoms with Crippen LogP contribution >= 0.6 is 0 Å². The van der Waals surface area contributed by atoms with Crippen molar-refractivity contribution in [3.63, 3.8) is 0 Å². The Bertz CT molecular complexity index is 512. The maximum absolute atomic E-state index is 12.4. The van der Waals surface area contributed by atoms with E-state index in [1.165, 1.54) is 0 Å². The summed E-state index contributed by atoms with van der Waals surface area (Å²) in [7, 11) is 0. The molecule has 1 aromatic rings. The first-order chi connectivity index (χ1) is 10.8. The molecule has 0 bridgehead atoms. The van der Waals surface area contributed by atoms with Gasteiger partial charge in [0, 0.05) is 6.61 Å². The highest BCUT2D eigenvalue weighted by atomic mass is 16.7. The first kappa shape index (κ1) is 17.8. The van der Waals surface area contributed by atoms with Gasteiger partial charge in [-0.15, -0.1) is 0 Å². The van der Waals surface area contributed by atoms with Gasteiger partial charge in [-0.1, -0.05) is 30.3 Å². The van der Waals surface area contributed by atoms with Gasteiger partial charge in [0.15, 0.2) is 6.29 Å². The van der Waals surface area contributed by atoms with Crippen molar-refractivity contribution in [1.82, 2.24) is 4.90 Å². The maximum Gasteiger partial charge on any atom is 0.410 e. The molecule has 0 aromatic heterocycles. The van der Waals surface area contributed by atoms with Gasteiger partial charge in [-0.2, -0.15) is 0 Å². The third kappa shape index (κ3) is 4.69. The number of hydrogen-bond acceptors (Lipinski definition) is 4. The molecule has 1 amide bonds. The molecule has 1 fully saturated rings. The van der Waals surface area contributed by atoms with Crippen molar-refractivity contribution in [1.29, 1.82) is 0 Å². The van der Waals surface area contributed by atoms with E-state index in [2.05, 4.69) is 0 Å². The van der Waals surface area contributed by atoms with Crippen LogP contribution in [-0.2, 0) is 14.2 Å². The Hall–Kier alpha value is -1.59. The van der Waals surface area contributed by atoms with Gasteiger partial charge in [0.1, 0.15) is 11.7 Å². The molecule has 1 aromatic carbocycles. The van der Waals surface area contributed by atoms with E-state index in [0.717, 1.165) is 5.56 Å². The van der Waals surface area contributed by atoms with Gasteiger partial charge < -0.3 is 14.2 Å². The van der Waals surface area contributed by atoms with E-state index >= 15 is 0 Å². The zero-order chi connectivity index (χ0) is 17.0. The molecular weight excluding hydrogens is 294 g/mol. The van der Waals surface area contributed by atoms with E-state index < -0.39 is 5.60 Å². The molecular formula is C18H27NO4. The van der Waals surface area contributed by atoms with Crippen LogP contribution < -0.4 is 0 Å². The summed E-state index contributed by atoms with van der Waals surface area (Å²) in [5.74, 6) is 0. The van der Waals surface area contributed by atoms with Crippen molar-refractivity contribution < 1.29 is 19.0 Å². The van der Waals surface area contributed by atoms with E-state index in [9.17, 15) is 4.79 Å². The predicted molar refractivity (Wildman–Crippen MR) is 88.1 cm³/mol. The van der Waals surface area contributed by atoms with E-state index in [0.29, 0.717) is 13.2 Å². The molecule has 5 nitrogen and oxygen atoms in total. The summed E-state index contributed by atoms with van der Waals surface area (Å²) in [6.45, 7) is 10.5. The van der Waals surface area contributed by atoms with Crippen molar-refractivity contribution in [2.45, 2.75) is 58.7 Å². The highest BCUT2D eigenvalue weighted by molar-refractivity contribution is 5.70. The number of ether oxygens (including phenoxy) is 3. The lowest BCUT2D eigenvalue weighted by molar-refractivity contribution is -0.206. The lowest BCUT2D eigenvalue weighted by Crippen LogP contribution is -2.58. The minimum atomic E-state index is -0.511. The topological polar surface area (TPSA) is 48.0 Å². The number of nitrogens with zero attached hydrogens (tertiary/aromatic N) is 1. The summed E-state index contributed by atoms with van der Waals surface area (Å²) in [5.41, 5.74) is 0.529. The number of rotatable bonds is 5. The van der Waals surface area contributed by atoms with Crippen molar-refractivity contribution in [2.24, 2.45) is 0 Å². The Balaban J connectivity index is 2.10. The van der Waals surface area contributed by atoms with Gasteiger partial charge in [0.2, 0.25) is 0 Å². The third-order valence-corrected chi connectivity index (χ3v) is 3.60. The van der Waals surface area contributed by atoms with E-state index in [-0.39, 0.29) is 24.5 Å². The molecule has 0 aliphatic carbocycles. The van der Waals surface area contributed by atoms with Gasteiger partial charge in [0.25, 0.3) is 0 Å². The number of hydrogen-bond donors (Lipinski definition) is 0. The summed E-state index contributed by atoms with van der Waals surface area (Å²) in [6.07, 6.45) is -0.696. The molecule has 2 rings (SSSR count). The molecule has 0 unspecified atom stereocenters. The maximum atomic E-state index is 12.4. The van der Waals surface area contributed by atoms with Crippen LogP contribution in [0.15, 0.2) is 30.3 Å². The van der Waals surface area contributed by atoms with E-state index in [1.54, 1.807) is 4.90 Å². The normalized spacial score (nSPS) is 22.4. The van der Waals surface area contributed by atoms with Crippen LogP contribution in [0.4, 0.5) is 4.79 Å².